The Bertz CT molecular complexity index is 346. The first-order valence-electron chi connectivity index (χ1n) is 4.88. The minimum absolute atomic E-state index is 0.176. The molecule has 1 aromatic rings. The molecule has 0 saturated heterocycles. The summed E-state index contributed by atoms with van der Waals surface area (Å²) < 4.78 is 1.82. The Morgan fingerprint density at radius 1 is 1.67 bits per heavy atom. The first-order chi connectivity index (χ1) is 7.00. The predicted molar refractivity (Wildman–Crippen MR) is 56.5 cm³/mol. The average molecular weight is 211 g/mol. The molecule has 0 spiro atoms. The quantitative estimate of drug-likeness (QED) is 0.776. The van der Waals surface area contributed by atoms with Gasteiger partial charge < -0.3 is 10.0 Å². The van der Waals surface area contributed by atoms with Crippen LogP contribution >= 0.6 is 0 Å². The zero-order valence-corrected chi connectivity index (χ0v) is 9.40. The molecule has 1 rings (SSSR count). The van der Waals surface area contributed by atoms with Crippen LogP contribution in [0.15, 0.2) is 6.20 Å². The monoisotopic (exact) mass is 211 g/mol. The zero-order valence-electron chi connectivity index (χ0n) is 9.40. The molecule has 1 heterocycles. The van der Waals surface area contributed by atoms with Gasteiger partial charge in [0, 0.05) is 31.4 Å². The molecule has 0 aliphatic heterocycles. The van der Waals surface area contributed by atoms with Crippen LogP contribution in [0.25, 0.3) is 0 Å². The van der Waals surface area contributed by atoms with Crippen LogP contribution in [0.4, 0.5) is 0 Å². The summed E-state index contributed by atoms with van der Waals surface area (Å²) >= 11 is 0. The van der Waals surface area contributed by atoms with Crippen molar-refractivity contribution in [2.24, 2.45) is 7.05 Å². The highest BCUT2D eigenvalue weighted by Crippen LogP contribution is 2.08. The van der Waals surface area contributed by atoms with Crippen molar-refractivity contribution in [2.75, 3.05) is 13.6 Å². The van der Waals surface area contributed by atoms with E-state index in [0.29, 0.717) is 6.54 Å². The lowest BCUT2D eigenvalue weighted by Crippen LogP contribution is -2.21. The normalized spacial score (nSPS) is 10.9. The van der Waals surface area contributed by atoms with Crippen molar-refractivity contribution in [1.82, 2.24) is 14.7 Å². The van der Waals surface area contributed by atoms with Gasteiger partial charge in [0.05, 0.1) is 12.6 Å². The van der Waals surface area contributed by atoms with Crippen LogP contribution in [0.3, 0.4) is 0 Å². The van der Waals surface area contributed by atoms with Gasteiger partial charge in [-0.05, 0) is 14.0 Å². The van der Waals surface area contributed by atoms with Crippen molar-refractivity contribution in [2.45, 2.75) is 19.9 Å². The molecule has 84 valence electrons. The molecule has 0 saturated carbocycles. The first kappa shape index (κ1) is 11.7. The molecule has 0 aliphatic carbocycles. The maximum Gasteiger partial charge on any atom is 0.304 e. The fourth-order valence-corrected chi connectivity index (χ4v) is 1.36. The van der Waals surface area contributed by atoms with E-state index in [4.69, 9.17) is 5.11 Å². The lowest BCUT2D eigenvalue weighted by Gasteiger charge is -2.14. The summed E-state index contributed by atoms with van der Waals surface area (Å²) in [7, 11) is 3.81. The molecule has 5 nitrogen and oxygen atoms in total. The van der Waals surface area contributed by atoms with Gasteiger partial charge in [-0.25, -0.2) is 0 Å². The van der Waals surface area contributed by atoms with Gasteiger partial charge in [0.2, 0.25) is 0 Å². The molecule has 0 aliphatic rings. The summed E-state index contributed by atoms with van der Waals surface area (Å²) in [5, 5.41) is 12.7. The molecule has 0 aromatic carbocycles. The van der Waals surface area contributed by atoms with Crippen molar-refractivity contribution < 1.29 is 9.90 Å². The van der Waals surface area contributed by atoms with Gasteiger partial charge in [-0.2, -0.15) is 5.10 Å². The summed E-state index contributed by atoms with van der Waals surface area (Å²) in [5.74, 6) is -0.759. The third-order valence-electron chi connectivity index (χ3n) is 2.48. The third-order valence-corrected chi connectivity index (χ3v) is 2.48. The van der Waals surface area contributed by atoms with Crippen molar-refractivity contribution in [1.29, 1.82) is 0 Å². The molecule has 0 radical (unpaired) electrons. The van der Waals surface area contributed by atoms with Gasteiger partial charge in [0.1, 0.15) is 0 Å². The maximum absolute atomic E-state index is 10.4. The van der Waals surface area contributed by atoms with Gasteiger partial charge in [-0.15, -0.1) is 0 Å². The average Bonchev–Trinajstić information content (AvgIpc) is 2.47. The largest absolute Gasteiger partial charge is 0.481 e. The topological polar surface area (TPSA) is 58.4 Å². The first-order valence-corrected chi connectivity index (χ1v) is 4.88. The molecule has 0 unspecified atom stereocenters. The van der Waals surface area contributed by atoms with Crippen LogP contribution in [-0.4, -0.2) is 39.3 Å². The van der Waals surface area contributed by atoms with Crippen molar-refractivity contribution >= 4 is 5.97 Å². The van der Waals surface area contributed by atoms with Crippen LogP contribution in [0.1, 0.15) is 17.7 Å². The Labute approximate surface area is 89.3 Å². The van der Waals surface area contributed by atoms with E-state index < -0.39 is 5.97 Å². The number of aliphatic carboxylic acids is 1. The van der Waals surface area contributed by atoms with Crippen LogP contribution in [0.2, 0.25) is 0 Å². The number of carboxylic acids is 1. The fourth-order valence-electron chi connectivity index (χ4n) is 1.36. The van der Waals surface area contributed by atoms with Crippen LogP contribution < -0.4 is 0 Å². The minimum atomic E-state index is -0.759. The summed E-state index contributed by atoms with van der Waals surface area (Å²) in [6.07, 6.45) is 2.00. The highest BCUT2D eigenvalue weighted by Gasteiger charge is 2.07. The Morgan fingerprint density at radius 3 is 2.80 bits per heavy atom. The highest BCUT2D eigenvalue weighted by atomic mass is 16.4. The van der Waals surface area contributed by atoms with Crippen LogP contribution in [-0.2, 0) is 18.4 Å². The van der Waals surface area contributed by atoms with Crippen molar-refractivity contribution in [3.63, 3.8) is 0 Å². The number of carboxylic acid groups (broad SMARTS) is 1. The summed E-state index contributed by atoms with van der Waals surface area (Å²) in [6, 6.07) is 0. The van der Waals surface area contributed by atoms with Crippen molar-refractivity contribution in [3.05, 3.63) is 17.5 Å². The molecule has 5 heteroatoms. The number of hydrogen-bond acceptors (Lipinski definition) is 3. The predicted octanol–water partition coefficient (Wildman–Crippen LogP) is 0.635. The van der Waals surface area contributed by atoms with Gasteiger partial charge in [-0.1, -0.05) is 0 Å². The van der Waals surface area contributed by atoms with Crippen LogP contribution in [0.5, 0.6) is 0 Å². The molecular weight excluding hydrogens is 194 g/mol. The number of aromatic nitrogens is 2. The van der Waals surface area contributed by atoms with E-state index in [0.717, 1.165) is 17.8 Å². The van der Waals surface area contributed by atoms with E-state index >= 15 is 0 Å². The van der Waals surface area contributed by atoms with E-state index in [2.05, 4.69) is 5.10 Å². The molecular formula is C10H17N3O2. The molecule has 1 N–H and O–H groups in total. The Balaban J connectivity index is 2.47. The Morgan fingerprint density at radius 2 is 2.33 bits per heavy atom. The summed E-state index contributed by atoms with van der Waals surface area (Å²) in [4.78, 5) is 12.4. The number of hydrogen-bond donors (Lipinski definition) is 1. The van der Waals surface area contributed by atoms with Crippen molar-refractivity contribution in [3.8, 4) is 0 Å². The number of aryl methyl sites for hydroxylation is 1. The van der Waals surface area contributed by atoms with E-state index in [1.807, 2.05) is 36.8 Å². The highest BCUT2D eigenvalue weighted by molar-refractivity contribution is 5.66. The van der Waals surface area contributed by atoms with E-state index in [-0.39, 0.29) is 6.42 Å². The fraction of sp³-hybridized carbons (Fsp3) is 0.600. The van der Waals surface area contributed by atoms with Gasteiger partial charge in [-0.3, -0.25) is 9.48 Å². The third kappa shape index (κ3) is 3.36. The molecule has 0 fully saturated rings. The number of carbonyl (C=O) groups is 1. The van der Waals surface area contributed by atoms with E-state index in [1.54, 1.807) is 0 Å². The Hall–Kier alpha value is -1.36. The second-order valence-corrected chi connectivity index (χ2v) is 3.76. The zero-order chi connectivity index (χ0) is 11.4. The summed E-state index contributed by atoms with van der Waals surface area (Å²) in [5.41, 5.74) is 2.27. The second-order valence-electron chi connectivity index (χ2n) is 3.76. The van der Waals surface area contributed by atoms with Gasteiger partial charge >= 0.3 is 5.97 Å². The maximum atomic E-state index is 10.4. The van der Waals surface area contributed by atoms with E-state index in [9.17, 15) is 4.79 Å². The van der Waals surface area contributed by atoms with Gasteiger partial charge in [0.15, 0.2) is 0 Å². The second kappa shape index (κ2) is 4.93. The Kier molecular flexibility index (Phi) is 3.85. The van der Waals surface area contributed by atoms with E-state index in [1.165, 1.54) is 0 Å². The number of nitrogens with zero attached hydrogens (tertiary/aromatic N) is 3. The molecule has 0 atom stereocenters. The number of rotatable bonds is 5. The van der Waals surface area contributed by atoms with Crippen LogP contribution in [0, 0.1) is 6.92 Å². The SMILES string of the molecule is Cc1c(CN(C)CCC(=O)O)cnn1C. The standard InChI is InChI=1S/C10H17N3O2/c1-8-9(6-11-13(8)3)7-12(2)5-4-10(14)15/h6H,4-5,7H2,1-3H3,(H,14,15). The smallest absolute Gasteiger partial charge is 0.304 e. The van der Waals surface area contributed by atoms with Gasteiger partial charge in [0.25, 0.3) is 0 Å². The minimum Gasteiger partial charge on any atom is -0.481 e. The molecule has 0 amide bonds. The summed E-state index contributed by atoms with van der Waals surface area (Å²) in [6.45, 7) is 3.31. The molecule has 1 aromatic heterocycles. The lowest BCUT2D eigenvalue weighted by molar-refractivity contribution is -0.137. The lowest BCUT2D eigenvalue weighted by atomic mass is 10.2. The molecule has 15 heavy (non-hydrogen) atoms. The molecule has 0 bridgehead atoms.